The van der Waals surface area contributed by atoms with Crippen molar-refractivity contribution in [3.63, 3.8) is 0 Å². The fourth-order valence-corrected chi connectivity index (χ4v) is 5.39. The Balaban J connectivity index is 1.29. The topological polar surface area (TPSA) is 71.3 Å². The van der Waals surface area contributed by atoms with Gasteiger partial charge in [-0.15, -0.1) is 10.2 Å². The van der Waals surface area contributed by atoms with E-state index in [0.29, 0.717) is 24.2 Å². The van der Waals surface area contributed by atoms with E-state index in [1.165, 1.54) is 32.1 Å². The SMILES string of the molecule is Cc1nnc(CN(C)C(=O)NCC2C3CC4CC(C3)CC2C4)o1. The molecule has 0 saturated heterocycles. The highest BCUT2D eigenvalue weighted by Crippen LogP contribution is 2.56. The first-order chi connectivity index (χ1) is 11.1. The Kier molecular flexibility index (Phi) is 3.77. The van der Waals surface area contributed by atoms with E-state index in [9.17, 15) is 4.79 Å². The maximum atomic E-state index is 12.3. The van der Waals surface area contributed by atoms with E-state index in [-0.39, 0.29) is 6.03 Å². The number of nitrogens with zero attached hydrogens (tertiary/aromatic N) is 3. The van der Waals surface area contributed by atoms with E-state index in [2.05, 4.69) is 15.5 Å². The molecule has 4 fully saturated rings. The van der Waals surface area contributed by atoms with Crippen LogP contribution in [0.15, 0.2) is 4.42 Å². The third-order valence-corrected chi connectivity index (χ3v) is 6.20. The van der Waals surface area contributed by atoms with Gasteiger partial charge in [-0.05, 0) is 61.7 Å². The van der Waals surface area contributed by atoms with Crippen LogP contribution in [0.4, 0.5) is 4.79 Å². The molecule has 0 aliphatic heterocycles. The van der Waals surface area contributed by atoms with Gasteiger partial charge >= 0.3 is 6.03 Å². The standard InChI is InChI=1S/C17H26N4O2/c1-10-19-20-16(23-10)9-21(2)17(22)18-8-15-13-4-11-3-12(6-13)7-14(15)5-11/h11-15H,3-9H2,1-2H3,(H,18,22). The molecule has 4 aliphatic rings. The van der Waals surface area contributed by atoms with Crippen molar-refractivity contribution in [2.75, 3.05) is 13.6 Å². The Bertz CT molecular complexity index is 557. The van der Waals surface area contributed by atoms with Gasteiger partial charge in [-0.25, -0.2) is 4.79 Å². The van der Waals surface area contributed by atoms with Crippen molar-refractivity contribution in [2.45, 2.75) is 45.6 Å². The summed E-state index contributed by atoms with van der Waals surface area (Å²) < 4.78 is 5.33. The lowest BCUT2D eigenvalue weighted by Crippen LogP contribution is -2.50. The van der Waals surface area contributed by atoms with Crippen LogP contribution in [0.1, 0.15) is 43.9 Å². The number of carbonyl (C=O) groups is 1. The lowest BCUT2D eigenvalue weighted by Gasteiger charge is -2.54. The number of carbonyl (C=O) groups excluding carboxylic acids is 1. The summed E-state index contributed by atoms with van der Waals surface area (Å²) >= 11 is 0. The molecule has 4 bridgehead atoms. The molecule has 1 N–H and O–H groups in total. The summed E-state index contributed by atoms with van der Waals surface area (Å²) in [6.07, 6.45) is 7.04. The second-order valence-corrected chi connectivity index (χ2v) is 7.85. The summed E-state index contributed by atoms with van der Waals surface area (Å²) in [5.41, 5.74) is 0. The van der Waals surface area contributed by atoms with E-state index >= 15 is 0 Å². The van der Waals surface area contributed by atoms with Gasteiger partial charge in [0.2, 0.25) is 11.8 Å². The minimum Gasteiger partial charge on any atom is -0.424 e. The Morgan fingerprint density at radius 1 is 1.17 bits per heavy atom. The predicted molar refractivity (Wildman–Crippen MR) is 84.4 cm³/mol. The molecule has 0 spiro atoms. The fourth-order valence-electron chi connectivity index (χ4n) is 5.39. The molecule has 0 aromatic carbocycles. The first kappa shape index (κ1) is 15.0. The lowest BCUT2D eigenvalue weighted by molar-refractivity contribution is -0.0346. The van der Waals surface area contributed by atoms with Crippen LogP contribution < -0.4 is 5.32 Å². The van der Waals surface area contributed by atoms with Crippen molar-refractivity contribution in [3.8, 4) is 0 Å². The second kappa shape index (κ2) is 5.80. The van der Waals surface area contributed by atoms with Gasteiger partial charge in [-0.2, -0.15) is 0 Å². The normalized spacial score (nSPS) is 34.6. The van der Waals surface area contributed by atoms with E-state index in [1.54, 1.807) is 18.9 Å². The number of nitrogens with one attached hydrogen (secondary N) is 1. The molecule has 0 radical (unpaired) electrons. The highest BCUT2D eigenvalue weighted by molar-refractivity contribution is 5.73. The average Bonchev–Trinajstić information content (AvgIpc) is 2.90. The third-order valence-electron chi connectivity index (χ3n) is 6.20. The van der Waals surface area contributed by atoms with Crippen molar-refractivity contribution in [1.82, 2.24) is 20.4 Å². The number of rotatable bonds is 4. The van der Waals surface area contributed by atoms with E-state index in [0.717, 1.165) is 30.2 Å². The largest absolute Gasteiger partial charge is 0.424 e. The molecule has 4 aliphatic carbocycles. The lowest BCUT2D eigenvalue weighted by atomic mass is 9.52. The third kappa shape index (κ3) is 2.95. The van der Waals surface area contributed by atoms with Gasteiger partial charge in [-0.1, -0.05) is 0 Å². The molecule has 1 heterocycles. The average molecular weight is 318 g/mol. The van der Waals surface area contributed by atoms with Crippen LogP contribution in [0.25, 0.3) is 0 Å². The van der Waals surface area contributed by atoms with Crippen molar-refractivity contribution in [1.29, 1.82) is 0 Å². The van der Waals surface area contributed by atoms with Crippen molar-refractivity contribution in [3.05, 3.63) is 11.8 Å². The van der Waals surface area contributed by atoms with Crippen LogP contribution in [0.5, 0.6) is 0 Å². The maximum Gasteiger partial charge on any atom is 0.317 e. The van der Waals surface area contributed by atoms with E-state index in [4.69, 9.17) is 4.42 Å². The molecule has 6 nitrogen and oxygen atoms in total. The summed E-state index contributed by atoms with van der Waals surface area (Å²) in [6.45, 7) is 2.93. The molecule has 6 heteroatoms. The van der Waals surface area contributed by atoms with Crippen LogP contribution >= 0.6 is 0 Å². The summed E-state index contributed by atoms with van der Waals surface area (Å²) in [6, 6.07) is -0.0466. The van der Waals surface area contributed by atoms with Gasteiger partial charge in [0.1, 0.15) is 6.54 Å². The van der Waals surface area contributed by atoms with Gasteiger partial charge < -0.3 is 14.6 Å². The number of hydrogen-bond donors (Lipinski definition) is 1. The minimum atomic E-state index is -0.0466. The Labute approximate surface area is 137 Å². The molecular formula is C17H26N4O2. The highest BCUT2D eigenvalue weighted by atomic mass is 16.4. The van der Waals surface area contributed by atoms with Gasteiger partial charge in [0.25, 0.3) is 0 Å². The Hall–Kier alpha value is -1.59. The molecular weight excluding hydrogens is 292 g/mol. The van der Waals surface area contributed by atoms with Crippen LogP contribution in [0.3, 0.4) is 0 Å². The Morgan fingerprint density at radius 2 is 1.83 bits per heavy atom. The molecule has 23 heavy (non-hydrogen) atoms. The van der Waals surface area contributed by atoms with Crippen LogP contribution in [0.2, 0.25) is 0 Å². The Morgan fingerprint density at radius 3 is 2.39 bits per heavy atom. The monoisotopic (exact) mass is 318 g/mol. The van der Waals surface area contributed by atoms with Gasteiger partial charge in [-0.3, -0.25) is 0 Å². The van der Waals surface area contributed by atoms with Crippen molar-refractivity contribution in [2.24, 2.45) is 29.6 Å². The first-order valence-electron chi connectivity index (χ1n) is 8.86. The number of aryl methyl sites for hydroxylation is 1. The number of aromatic nitrogens is 2. The van der Waals surface area contributed by atoms with E-state index in [1.807, 2.05) is 0 Å². The second-order valence-electron chi connectivity index (χ2n) is 7.85. The molecule has 5 rings (SSSR count). The summed E-state index contributed by atoms with van der Waals surface area (Å²) in [5.74, 6) is 5.34. The van der Waals surface area contributed by atoms with Crippen LogP contribution in [0, 0.1) is 36.5 Å². The van der Waals surface area contributed by atoms with Crippen molar-refractivity contribution >= 4 is 6.03 Å². The van der Waals surface area contributed by atoms with Gasteiger partial charge in [0.15, 0.2) is 0 Å². The molecule has 0 unspecified atom stereocenters. The number of hydrogen-bond acceptors (Lipinski definition) is 4. The fraction of sp³-hybridized carbons (Fsp3) is 0.824. The summed E-state index contributed by atoms with van der Waals surface area (Å²) in [5, 5.41) is 10.9. The molecule has 2 amide bonds. The molecule has 0 atom stereocenters. The molecule has 126 valence electrons. The minimum absolute atomic E-state index is 0.0466. The number of urea groups is 1. The first-order valence-corrected chi connectivity index (χ1v) is 8.86. The van der Waals surface area contributed by atoms with Gasteiger partial charge in [0.05, 0.1) is 0 Å². The molecule has 1 aromatic rings. The van der Waals surface area contributed by atoms with E-state index < -0.39 is 0 Å². The molecule has 1 aromatic heterocycles. The van der Waals surface area contributed by atoms with Crippen LogP contribution in [-0.4, -0.2) is 34.7 Å². The smallest absolute Gasteiger partial charge is 0.317 e. The summed E-state index contributed by atoms with van der Waals surface area (Å²) in [4.78, 5) is 13.9. The summed E-state index contributed by atoms with van der Waals surface area (Å²) in [7, 11) is 1.77. The zero-order valence-electron chi connectivity index (χ0n) is 14.0. The maximum absolute atomic E-state index is 12.3. The highest BCUT2D eigenvalue weighted by Gasteiger charge is 2.47. The predicted octanol–water partition coefficient (Wildman–Crippen LogP) is 2.59. The quantitative estimate of drug-likeness (QED) is 0.926. The molecule has 4 saturated carbocycles. The van der Waals surface area contributed by atoms with Gasteiger partial charge in [0, 0.05) is 20.5 Å². The van der Waals surface area contributed by atoms with Crippen LogP contribution in [-0.2, 0) is 6.54 Å². The van der Waals surface area contributed by atoms with Crippen molar-refractivity contribution < 1.29 is 9.21 Å². The zero-order valence-corrected chi connectivity index (χ0v) is 14.0. The zero-order chi connectivity index (χ0) is 16.0. The number of amides is 2.